The lowest BCUT2D eigenvalue weighted by atomic mass is 9.93. The number of ether oxygens (including phenoxy) is 3. The Balaban J connectivity index is 1.94. The van der Waals surface area contributed by atoms with Gasteiger partial charge in [-0.1, -0.05) is 6.92 Å². The van der Waals surface area contributed by atoms with Crippen molar-refractivity contribution in [3.63, 3.8) is 0 Å². The van der Waals surface area contributed by atoms with E-state index < -0.39 is 49.5 Å². The number of hydrogen-bond donors (Lipinski definition) is 5. The third kappa shape index (κ3) is 3.92. The summed E-state index contributed by atoms with van der Waals surface area (Å²) < 4.78 is 16.9. The van der Waals surface area contributed by atoms with Crippen molar-refractivity contribution in [2.45, 2.75) is 56.8 Å². The zero-order valence-corrected chi connectivity index (χ0v) is 15.6. The smallest absolute Gasteiger partial charge is 0.187 e. The minimum Gasteiger partial charge on any atom is -0.493 e. The van der Waals surface area contributed by atoms with E-state index in [0.29, 0.717) is 16.9 Å². The molecule has 0 aromatic heterocycles. The van der Waals surface area contributed by atoms with Gasteiger partial charge in [0, 0.05) is 17.0 Å². The van der Waals surface area contributed by atoms with Crippen LogP contribution in [0, 0.1) is 5.92 Å². The average molecular weight is 398 g/mol. The largest absolute Gasteiger partial charge is 0.493 e. The quantitative estimate of drug-likeness (QED) is 0.409. The third-order valence-electron chi connectivity index (χ3n) is 5.25. The fraction of sp³-hybridized carbons (Fsp3) is 0.632. The molecule has 1 fully saturated rings. The van der Waals surface area contributed by atoms with E-state index in [4.69, 9.17) is 14.2 Å². The molecule has 9 heteroatoms. The molecule has 1 aromatic rings. The van der Waals surface area contributed by atoms with Crippen LogP contribution in [-0.2, 0) is 9.47 Å². The van der Waals surface area contributed by atoms with Crippen LogP contribution in [0.5, 0.6) is 5.75 Å². The first-order chi connectivity index (χ1) is 13.2. The van der Waals surface area contributed by atoms with Crippen molar-refractivity contribution < 1.29 is 44.5 Å². The monoisotopic (exact) mass is 398 g/mol. The van der Waals surface area contributed by atoms with Gasteiger partial charge in [0.2, 0.25) is 0 Å². The Labute approximate surface area is 162 Å². The van der Waals surface area contributed by atoms with Gasteiger partial charge in [-0.25, -0.2) is 0 Å². The minimum absolute atomic E-state index is 0.179. The van der Waals surface area contributed by atoms with Crippen molar-refractivity contribution in [1.29, 1.82) is 0 Å². The van der Waals surface area contributed by atoms with Crippen molar-refractivity contribution in [2.24, 2.45) is 5.92 Å². The van der Waals surface area contributed by atoms with Crippen LogP contribution in [0.3, 0.4) is 0 Å². The summed E-state index contributed by atoms with van der Waals surface area (Å²) >= 11 is 0. The van der Waals surface area contributed by atoms with Gasteiger partial charge in [0.1, 0.15) is 36.3 Å². The number of Topliss-reactive ketones (excluding diaryl/α,β-unsaturated/α-hetero) is 1. The van der Waals surface area contributed by atoms with Crippen molar-refractivity contribution in [3.05, 3.63) is 29.3 Å². The molecular weight excluding hydrogens is 372 g/mol. The van der Waals surface area contributed by atoms with Crippen LogP contribution in [0.1, 0.15) is 35.9 Å². The third-order valence-corrected chi connectivity index (χ3v) is 5.25. The second-order valence-corrected chi connectivity index (χ2v) is 7.34. The molecule has 3 rings (SSSR count). The summed E-state index contributed by atoms with van der Waals surface area (Å²) in [7, 11) is 0. The molecule has 0 aliphatic carbocycles. The number of carbonyl (C=O) groups excluding carboxylic acids is 1. The highest BCUT2D eigenvalue weighted by molar-refractivity contribution is 5.94. The number of aliphatic hydroxyl groups excluding tert-OH is 5. The Bertz CT molecular complexity index is 707. The molecule has 0 radical (unpaired) electrons. The maximum Gasteiger partial charge on any atom is 0.187 e. The first kappa shape index (κ1) is 21.1. The topological polar surface area (TPSA) is 146 Å². The summed E-state index contributed by atoms with van der Waals surface area (Å²) in [5, 5.41) is 50.3. The predicted molar refractivity (Wildman–Crippen MR) is 94.7 cm³/mol. The molecule has 1 aromatic carbocycles. The summed E-state index contributed by atoms with van der Waals surface area (Å²) in [6.07, 6.45) is -9.38. The molecule has 2 aliphatic rings. The first-order valence-corrected chi connectivity index (χ1v) is 9.16. The van der Waals surface area contributed by atoms with Gasteiger partial charge in [-0.05, 0) is 25.1 Å². The maximum absolute atomic E-state index is 11.8. The minimum atomic E-state index is -1.61. The summed E-state index contributed by atoms with van der Waals surface area (Å²) in [6.45, 7) is 2.78. The van der Waals surface area contributed by atoms with E-state index in [9.17, 15) is 30.3 Å². The molecule has 0 unspecified atom stereocenters. The Hall–Kier alpha value is -1.59. The number of carbonyl (C=O) groups is 1. The number of aliphatic hydroxyl groups is 5. The summed E-state index contributed by atoms with van der Waals surface area (Å²) in [5.74, 6) is -0.104. The van der Waals surface area contributed by atoms with Crippen molar-refractivity contribution in [3.8, 4) is 5.75 Å². The molecule has 8 atom stereocenters. The SMILES string of the molecule is CC(=O)c1ccc2c(c1)[C@@H](O[C@@H]1O[C@H](CO)[C@@H](O)[C@H](O)[C@H]1O)[C@@H](O)[C@H](C)CO2. The Morgan fingerprint density at radius 1 is 1.14 bits per heavy atom. The standard InChI is InChI=1S/C19H26O9/c1-8-7-26-12-4-3-10(9(2)21)5-11(12)18(14(8)22)28-19-17(25)16(24)15(23)13(6-20)27-19/h3-5,8,13-20,22-25H,6-7H2,1-2H3/t8-,13-,14+,15-,16+,17-,18-,19+/m1/s1. The van der Waals surface area contributed by atoms with Crippen LogP contribution in [0.4, 0.5) is 0 Å². The van der Waals surface area contributed by atoms with Crippen LogP contribution in [0.15, 0.2) is 18.2 Å². The molecule has 9 nitrogen and oxygen atoms in total. The Kier molecular flexibility index (Phi) is 6.35. The van der Waals surface area contributed by atoms with Gasteiger partial charge in [-0.3, -0.25) is 4.79 Å². The number of hydrogen-bond acceptors (Lipinski definition) is 9. The molecular formula is C19H26O9. The van der Waals surface area contributed by atoms with E-state index in [2.05, 4.69) is 0 Å². The zero-order valence-electron chi connectivity index (χ0n) is 15.6. The maximum atomic E-state index is 11.8. The van der Waals surface area contributed by atoms with E-state index in [0.717, 1.165) is 0 Å². The summed E-state index contributed by atoms with van der Waals surface area (Å²) in [4.78, 5) is 11.8. The van der Waals surface area contributed by atoms with Gasteiger partial charge < -0.3 is 39.7 Å². The van der Waals surface area contributed by atoms with Crippen LogP contribution in [0.2, 0.25) is 0 Å². The second-order valence-electron chi connectivity index (χ2n) is 7.34. The highest BCUT2D eigenvalue weighted by Crippen LogP contribution is 2.39. The Morgan fingerprint density at radius 2 is 1.86 bits per heavy atom. The molecule has 2 heterocycles. The van der Waals surface area contributed by atoms with E-state index in [1.165, 1.54) is 6.92 Å². The molecule has 0 spiro atoms. The van der Waals surface area contributed by atoms with Crippen molar-refractivity contribution in [2.75, 3.05) is 13.2 Å². The molecule has 5 N–H and O–H groups in total. The van der Waals surface area contributed by atoms with Crippen LogP contribution in [-0.4, -0.2) is 81.3 Å². The summed E-state index contributed by atoms with van der Waals surface area (Å²) in [5.41, 5.74) is 0.799. The lowest BCUT2D eigenvalue weighted by molar-refractivity contribution is -0.319. The second kappa shape index (κ2) is 8.42. The molecule has 156 valence electrons. The van der Waals surface area contributed by atoms with E-state index in [1.807, 2.05) is 0 Å². The van der Waals surface area contributed by atoms with E-state index >= 15 is 0 Å². The van der Waals surface area contributed by atoms with E-state index in [1.54, 1.807) is 25.1 Å². The molecule has 0 bridgehead atoms. The average Bonchev–Trinajstić information content (AvgIpc) is 2.79. The van der Waals surface area contributed by atoms with Gasteiger partial charge in [-0.15, -0.1) is 0 Å². The van der Waals surface area contributed by atoms with Gasteiger partial charge in [0.25, 0.3) is 0 Å². The normalized spacial score (nSPS) is 38.2. The highest BCUT2D eigenvalue weighted by atomic mass is 16.7. The van der Waals surface area contributed by atoms with Crippen LogP contribution in [0.25, 0.3) is 0 Å². The van der Waals surface area contributed by atoms with Crippen LogP contribution < -0.4 is 4.74 Å². The fourth-order valence-electron chi connectivity index (χ4n) is 3.40. The van der Waals surface area contributed by atoms with Gasteiger partial charge in [0.05, 0.1) is 19.3 Å². The van der Waals surface area contributed by atoms with Crippen LogP contribution >= 0.6 is 0 Å². The molecule has 0 amide bonds. The number of rotatable bonds is 4. The number of benzene rings is 1. The van der Waals surface area contributed by atoms with Gasteiger partial charge >= 0.3 is 0 Å². The number of fused-ring (bicyclic) bond motifs is 1. The van der Waals surface area contributed by atoms with Crippen molar-refractivity contribution in [1.82, 2.24) is 0 Å². The molecule has 2 aliphatic heterocycles. The Morgan fingerprint density at radius 3 is 2.50 bits per heavy atom. The molecule has 0 saturated carbocycles. The molecule has 1 saturated heterocycles. The van der Waals surface area contributed by atoms with Gasteiger partial charge in [-0.2, -0.15) is 0 Å². The lowest BCUT2D eigenvalue weighted by Gasteiger charge is -2.41. The predicted octanol–water partition coefficient (Wildman–Crippen LogP) is -0.864. The lowest BCUT2D eigenvalue weighted by Crippen LogP contribution is -2.59. The number of ketones is 1. The van der Waals surface area contributed by atoms with E-state index in [-0.39, 0.29) is 18.3 Å². The summed E-state index contributed by atoms with van der Waals surface area (Å²) in [6, 6.07) is 4.77. The fourth-order valence-corrected chi connectivity index (χ4v) is 3.40. The van der Waals surface area contributed by atoms with Crippen molar-refractivity contribution >= 4 is 5.78 Å². The highest BCUT2D eigenvalue weighted by Gasteiger charge is 2.46. The molecule has 28 heavy (non-hydrogen) atoms. The first-order valence-electron chi connectivity index (χ1n) is 9.16. The van der Waals surface area contributed by atoms with Gasteiger partial charge in [0.15, 0.2) is 12.1 Å². The zero-order chi connectivity index (χ0) is 20.6.